The summed E-state index contributed by atoms with van der Waals surface area (Å²) in [4.78, 5) is 27.0. The Balaban J connectivity index is 1.37. The summed E-state index contributed by atoms with van der Waals surface area (Å²) in [6.45, 7) is 1.62. The third-order valence-electron chi connectivity index (χ3n) is 6.02. The molecule has 0 spiro atoms. The average Bonchev–Trinajstić information content (AvgIpc) is 3.67. The lowest BCUT2D eigenvalue weighted by atomic mass is 9.97. The van der Waals surface area contributed by atoms with Crippen molar-refractivity contribution in [3.63, 3.8) is 0 Å². The van der Waals surface area contributed by atoms with Gasteiger partial charge in [0.15, 0.2) is 0 Å². The van der Waals surface area contributed by atoms with Crippen LogP contribution in [0.3, 0.4) is 0 Å². The van der Waals surface area contributed by atoms with Gasteiger partial charge in [-0.15, -0.1) is 0 Å². The summed E-state index contributed by atoms with van der Waals surface area (Å²) in [6.07, 6.45) is 4.92. The van der Waals surface area contributed by atoms with Gasteiger partial charge in [-0.25, -0.2) is 0 Å². The molecular weight excluding hydrogens is 434 g/mol. The van der Waals surface area contributed by atoms with E-state index >= 15 is 0 Å². The Morgan fingerprint density at radius 2 is 1.76 bits per heavy atom. The van der Waals surface area contributed by atoms with Gasteiger partial charge >= 0.3 is 0 Å². The molecule has 4 rings (SSSR count). The van der Waals surface area contributed by atoms with E-state index in [4.69, 9.17) is 14.2 Å². The predicted octanol–water partition coefficient (Wildman–Crippen LogP) is 3.33. The number of hydrogen-bond acceptors (Lipinski definition) is 6. The van der Waals surface area contributed by atoms with Gasteiger partial charge < -0.3 is 24.8 Å². The van der Waals surface area contributed by atoms with E-state index in [-0.39, 0.29) is 18.4 Å². The molecule has 8 nitrogen and oxygen atoms in total. The van der Waals surface area contributed by atoms with Crippen molar-refractivity contribution < 1.29 is 23.8 Å². The number of anilines is 1. The van der Waals surface area contributed by atoms with E-state index in [1.165, 1.54) is 0 Å². The zero-order valence-corrected chi connectivity index (χ0v) is 19.8. The minimum Gasteiger partial charge on any atom is -0.496 e. The summed E-state index contributed by atoms with van der Waals surface area (Å²) >= 11 is 0. The van der Waals surface area contributed by atoms with Crippen molar-refractivity contribution >= 4 is 23.1 Å². The summed E-state index contributed by atoms with van der Waals surface area (Å²) in [5.74, 6) is 1.84. The lowest BCUT2D eigenvalue weighted by molar-refractivity contribution is -0.117. The van der Waals surface area contributed by atoms with E-state index < -0.39 is 0 Å². The van der Waals surface area contributed by atoms with Gasteiger partial charge in [-0.3, -0.25) is 14.5 Å². The molecule has 0 atom stereocenters. The second kappa shape index (κ2) is 10.6. The van der Waals surface area contributed by atoms with Crippen molar-refractivity contribution in [3.05, 3.63) is 53.6 Å². The first kappa shape index (κ1) is 23.6. The van der Waals surface area contributed by atoms with E-state index in [1.54, 1.807) is 45.6 Å². The van der Waals surface area contributed by atoms with Crippen LogP contribution in [0, 0.1) is 0 Å². The van der Waals surface area contributed by atoms with Crippen molar-refractivity contribution in [3.8, 4) is 17.2 Å². The molecule has 0 bridgehead atoms. The first-order valence-corrected chi connectivity index (χ1v) is 11.4. The van der Waals surface area contributed by atoms with E-state index in [0.29, 0.717) is 41.1 Å². The maximum atomic E-state index is 12.6. The van der Waals surface area contributed by atoms with Gasteiger partial charge in [0.05, 0.1) is 33.4 Å². The topological polar surface area (TPSA) is 89.1 Å². The number of ether oxygens (including phenoxy) is 3. The number of carbonyl (C=O) groups is 2. The maximum absolute atomic E-state index is 12.6. The zero-order valence-electron chi connectivity index (χ0n) is 19.8. The fraction of sp³-hybridized carbons (Fsp3) is 0.385. The van der Waals surface area contributed by atoms with Gasteiger partial charge in [-0.2, -0.15) is 0 Å². The van der Waals surface area contributed by atoms with Gasteiger partial charge in [0.25, 0.3) is 5.91 Å². The molecule has 8 heteroatoms. The highest BCUT2D eigenvalue weighted by Gasteiger charge is 2.24. The van der Waals surface area contributed by atoms with Crippen LogP contribution in [-0.4, -0.2) is 63.7 Å². The highest BCUT2D eigenvalue weighted by molar-refractivity contribution is 5.97. The fourth-order valence-electron chi connectivity index (χ4n) is 4.04. The number of nitrogens with one attached hydrogen (secondary N) is 2. The number of amides is 2. The van der Waals surface area contributed by atoms with Crippen LogP contribution in [0.1, 0.15) is 35.2 Å². The molecule has 0 radical (unpaired) electrons. The first-order valence-electron chi connectivity index (χ1n) is 11.4. The molecule has 1 heterocycles. The highest BCUT2D eigenvalue weighted by Crippen LogP contribution is 2.40. The van der Waals surface area contributed by atoms with Gasteiger partial charge in [0.1, 0.15) is 17.2 Å². The molecule has 0 aromatic heterocycles. The van der Waals surface area contributed by atoms with Crippen molar-refractivity contribution in [1.29, 1.82) is 0 Å². The largest absolute Gasteiger partial charge is 0.496 e. The Hall–Kier alpha value is -3.52. The van der Waals surface area contributed by atoms with E-state index in [2.05, 4.69) is 21.6 Å². The minimum absolute atomic E-state index is 0.100. The quantitative estimate of drug-likeness (QED) is 0.591. The number of methoxy groups -OCH3 is 3. The van der Waals surface area contributed by atoms with Gasteiger partial charge in [-0.05, 0) is 43.0 Å². The average molecular weight is 466 g/mol. The van der Waals surface area contributed by atoms with Crippen LogP contribution in [0.15, 0.2) is 42.5 Å². The van der Waals surface area contributed by atoms with E-state index in [9.17, 15) is 9.59 Å². The Kier molecular flexibility index (Phi) is 7.37. The normalized spacial score (nSPS) is 15.8. The molecule has 34 heavy (non-hydrogen) atoms. The zero-order chi connectivity index (χ0) is 24.1. The third kappa shape index (κ3) is 5.69. The third-order valence-corrected chi connectivity index (χ3v) is 6.02. The molecule has 1 aliphatic heterocycles. The summed E-state index contributed by atoms with van der Waals surface area (Å²) in [5.41, 5.74) is 3.20. The number of hydrogen-bond donors (Lipinski definition) is 2. The molecule has 1 saturated carbocycles. The van der Waals surface area contributed by atoms with Gasteiger partial charge in [0, 0.05) is 42.5 Å². The van der Waals surface area contributed by atoms with Gasteiger partial charge in [-0.1, -0.05) is 12.1 Å². The smallest absolute Gasteiger partial charge is 0.251 e. The Morgan fingerprint density at radius 1 is 1.03 bits per heavy atom. The molecule has 2 aliphatic rings. The van der Waals surface area contributed by atoms with E-state index in [0.717, 1.165) is 36.9 Å². The molecule has 2 amide bonds. The molecule has 2 N–H and O–H groups in total. The van der Waals surface area contributed by atoms with E-state index in [1.807, 2.05) is 12.1 Å². The lowest BCUT2D eigenvalue weighted by Crippen LogP contribution is -2.36. The molecule has 0 saturated heterocycles. The molecule has 2 aromatic carbocycles. The molecular formula is C26H31N3O5. The van der Waals surface area contributed by atoms with Crippen LogP contribution in [-0.2, 0) is 4.79 Å². The standard InChI is InChI=1S/C26H31N3O5/c1-32-21-14-22(33-2)25(23(15-21)34-3)17-9-11-29(12-10-17)16-24(30)27-20-6-4-5-18(13-20)26(31)28-19-7-8-19/h4-6,9,13-15,19H,7-8,10-12,16H2,1-3H3,(H,27,30)(H,28,31). The second-order valence-corrected chi connectivity index (χ2v) is 8.50. The molecule has 1 aliphatic carbocycles. The summed E-state index contributed by atoms with van der Waals surface area (Å²) < 4.78 is 16.5. The summed E-state index contributed by atoms with van der Waals surface area (Å²) in [7, 11) is 4.86. The van der Waals surface area contributed by atoms with Crippen molar-refractivity contribution in [2.24, 2.45) is 0 Å². The first-order chi connectivity index (χ1) is 16.5. The van der Waals surface area contributed by atoms with Crippen molar-refractivity contribution in [2.45, 2.75) is 25.3 Å². The highest BCUT2D eigenvalue weighted by atomic mass is 16.5. The number of rotatable bonds is 9. The van der Waals surface area contributed by atoms with Crippen LogP contribution in [0.5, 0.6) is 17.2 Å². The van der Waals surface area contributed by atoms with Crippen LogP contribution < -0.4 is 24.8 Å². The molecule has 1 fully saturated rings. The van der Waals surface area contributed by atoms with Crippen molar-refractivity contribution in [2.75, 3.05) is 46.3 Å². The summed E-state index contributed by atoms with van der Waals surface area (Å²) in [5, 5.41) is 5.88. The maximum Gasteiger partial charge on any atom is 0.251 e. The van der Waals surface area contributed by atoms with Crippen molar-refractivity contribution in [1.82, 2.24) is 10.2 Å². The molecule has 0 unspecified atom stereocenters. The lowest BCUT2D eigenvalue weighted by Gasteiger charge is -2.27. The van der Waals surface area contributed by atoms with Crippen LogP contribution in [0.25, 0.3) is 5.57 Å². The SMILES string of the molecule is COc1cc(OC)c(C2=CCN(CC(=O)Nc3cccc(C(=O)NC4CC4)c3)CC2)c(OC)c1. The van der Waals surface area contributed by atoms with Gasteiger partial charge in [0.2, 0.25) is 5.91 Å². The Bertz CT molecular complexity index is 1070. The Morgan fingerprint density at radius 3 is 2.35 bits per heavy atom. The van der Waals surface area contributed by atoms with Crippen LogP contribution >= 0.6 is 0 Å². The number of benzene rings is 2. The molecule has 2 aromatic rings. The minimum atomic E-state index is -0.115. The predicted molar refractivity (Wildman–Crippen MR) is 131 cm³/mol. The number of nitrogens with zero attached hydrogens (tertiary/aromatic N) is 1. The second-order valence-electron chi connectivity index (χ2n) is 8.50. The van der Waals surface area contributed by atoms with Crippen LogP contribution in [0.2, 0.25) is 0 Å². The number of carbonyl (C=O) groups excluding carboxylic acids is 2. The summed E-state index contributed by atoms with van der Waals surface area (Å²) in [6, 6.07) is 11.0. The van der Waals surface area contributed by atoms with Crippen LogP contribution in [0.4, 0.5) is 5.69 Å². The fourth-order valence-corrected chi connectivity index (χ4v) is 4.04. The Labute approximate surface area is 199 Å². The molecule has 180 valence electrons. The monoisotopic (exact) mass is 465 g/mol.